The zero-order valence-electron chi connectivity index (χ0n) is 8.60. The van der Waals surface area contributed by atoms with Crippen molar-refractivity contribution >= 4 is 5.91 Å². The number of aliphatic hydroxyl groups is 1. The van der Waals surface area contributed by atoms with E-state index in [9.17, 15) is 9.90 Å². The lowest BCUT2D eigenvalue weighted by Gasteiger charge is -2.20. The van der Waals surface area contributed by atoms with Crippen molar-refractivity contribution in [2.24, 2.45) is 0 Å². The Morgan fingerprint density at radius 2 is 2.13 bits per heavy atom. The van der Waals surface area contributed by atoms with Crippen LogP contribution in [0, 0.1) is 0 Å². The van der Waals surface area contributed by atoms with Gasteiger partial charge in [0.2, 0.25) is 5.91 Å². The number of likely N-dealkylation sites (tertiary alicyclic amines) is 1. The smallest absolute Gasteiger partial charge is 0.229 e. The minimum absolute atomic E-state index is 0.0196. The zero-order valence-corrected chi connectivity index (χ0v) is 8.60. The SMILES string of the molecule is O=C(Cc1ccccc1)N1CCCC1O. The Morgan fingerprint density at radius 3 is 2.73 bits per heavy atom. The van der Waals surface area contributed by atoms with Crippen LogP contribution in [0.25, 0.3) is 0 Å². The van der Waals surface area contributed by atoms with Gasteiger partial charge in [-0.3, -0.25) is 4.79 Å². The molecule has 1 aromatic carbocycles. The quantitative estimate of drug-likeness (QED) is 0.787. The van der Waals surface area contributed by atoms with Gasteiger partial charge in [-0.05, 0) is 18.4 Å². The molecule has 1 aliphatic heterocycles. The Morgan fingerprint density at radius 1 is 1.40 bits per heavy atom. The third-order valence-electron chi connectivity index (χ3n) is 2.74. The van der Waals surface area contributed by atoms with Gasteiger partial charge in [0.25, 0.3) is 0 Å². The maximum atomic E-state index is 11.8. The summed E-state index contributed by atoms with van der Waals surface area (Å²) in [5.74, 6) is 0.0196. The van der Waals surface area contributed by atoms with Crippen LogP contribution in [0.2, 0.25) is 0 Å². The number of carbonyl (C=O) groups is 1. The lowest BCUT2D eigenvalue weighted by Crippen LogP contribution is -2.36. The van der Waals surface area contributed by atoms with Gasteiger partial charge in [0.15, 0.2) is 0 Å². The van der Waals surface area contributed by atoms with Crippen LogP contribution in [0.1, 0.15) is 18.4 Å². The summed E-state index contributed by atoms with van der Waals surface area (Å²) in [7, 11) is 0. The number of amides is 1. The molecule has 1 aliphatic rings. The molecule has 1 heterocycles. The Labute approximate surface area is 89.3 Å². The van der Waals surface area contributed by atoms with Crippen molar-refractivity contribution in [3.63, 3.8) is 0 Å². The summed E-state index contributed by atoms with van der Waals surface area (Å²) < 4.78 is 0. The molecule has 0 saturated carbocycles. The Hall–Kier alpha value is -1.35. The second-order valence-corrected chi connectivity index (χ2v) is 3.87. The van der Waals surface area contributed by atoms with Crippen LogP contribution in [0.3, 0.4) is 0 Å². The molecule has 3 nitrogen and oxygen atoms in total. The predicted molar refractivity (Wildman–Crippen MR) is 57.1 cm³/mol. The molecule has 2 rings (SSSR count). The highest BCUT2D eigenvalue weighted by Crippen LogP contribution is 2.16. The van der Waals surface area contributed by atoms with Crippen molar-refractivity contribution in [3.05, 3.63) is 35.9 Å². The molecular weight excluding hydrogens is 190 g/mol. The van der Waals surface area contributed by atoms with Crippen LogP contribution in [0.4, 0.5) is 0 Å². The number of benzene rings is 1. The van der Waals surface area contributed by atoms with E-state index in [1.807, 2.05) is 30.3 Å². The van der Waals surface area contributed by atoms with Gasteiger partial charge in [-0.1, -0.05) is 30.3 Å². The van der Waals surface area contributed by atoms with Crippen molar-refractivity contribution in [2.45, 2.75) is 25.5 Å². The van der Waals surface area contributed by atoms with Crippen molar-refractivity contribution in [1.82, 2.24) is 4.90 Å². The number of nitrogens with zero attached hydrogens (tertiary/aromatic N) is 1. The first-order valence-electron chi connectivity index (χ1n) is 5.29. The molecular formula is C12H15NO2. The molecule has 0 radical (unpaired) electrons. The Balaban J connectivity index is 1.98. The predicted octanol–water partition coefficient (Wildman–Crippen LogP) is 1.17. The van der Waals surface area contributed by atoms with Crippen LogP contribution >= 0.6 is 0 Å². The summed E-state index contributed by atoms with van der Waals surface area (Å²) in [5.41, 5.74) is 1.00. The maximum absolute atomic E-state index is 11.8. The highest BCUT2D eigenvalue weighted by Gasteiger charge is 2.26. The maximum Gasteiger partial charge on any atom is 0.229 e. The van der Waals surface area contributed by atoms with E-state index in [0.717, 1.165) is 12.0 Å². The second-order valence-electron chi connectivity index (χ2n) is 3.87. The molecule has 3 heteroatoms. The third-order valence-corrected chi connectivity index (χ3v) is 2.74. The number of hydrogen-bond acceptors (Lipinski definition) is 2. The molecule has 0 spiro atoms. The summed E-state index contributed by atoms with van der Waals surface area (Å²) in [4.78, 5) is 13.4. The first-order valence-corrected chi connectivity index (χ1v) is 5.29. The number of carbonyl (C=O) groups excluding carboxylic acids is 1. The minimum atomic E-state index is -0.568. The number of aliphatic hydroxyl groups excluding tert-OH is 1. The Bertz CT molecular complexity index is 337. The first-order chi connectivity index (χ1) is 7.27. The van der Waals surface area contributed by atoms with Crippen molar-refractivity contribution < 1.29 is 9.90 Å². The standard InChI is InChI=1S/C12H15NO2/c14-11-7-4-8-13(11)12(15)9-10-5-2-1-3-6-10/h1-3,5-6,11,14H,4,7-9H2. The van der Waals surface area contributed by atoms with Crippen LogP contribution in [-0.2, 0) is 11.2 Å². The molecule has 0 bridgehead atoms. The van der Waals surface area contributed by atoms with Gasteiger partial charge in [0.1, 0.15) is 6.23 Å². The average molecular weight is 205 g/mol. The van der Waals surface area contributed by atoms with Gasteiger partial charge in [-0.15, -0.1) is 0 Å². The zero-order chi connectivity index (χ0) is 10.7. The molecule has 80 valence electrons. The summed E-state index contributed by atoms with van der Waals surface area (Å²) in [5, 5.41) is 9.54. The number of rotatable bonds is 2. The van der Waals surface area contributed by atoms with Crippen molar-refractivity contribution in [3.8, 4) is 0 Å². The van der Waals surface area contributed by atoms with Crippen LogP contribution < -0.4 is 0 Å². The molecule has 1 atom stereocenters. The molecule has 0 aliphatic carbocycles. The van der Waals surface area contributed by atoms with Gasteiger partial charge in [-0.2, -0.15) is 0 Å². The summed E-state index contributed by atoms with van der Waals surface area (Å²) in [6, 6.07) is 9.63. The molecule has 1 aromatic rings. The fourth-order valence-corrected chi connectivity index (χ4v) is 1.91. The monoisotopic (exact) mass is 205 g/mol. The Kier molecular flexibility index (Phi) is 3.02. The van der Waals surface area contributed by atoms with Gasteiger partial charge >= 0.3 is 0 Å². The van der Waals surface area contributed by atoms with E-state index < -0.39 is 6.23 Å². The molecule has 1 amide bonds. The van der Waals surface area contributed by atoms with Crippen molar-refractivity contribution in [1.29, 1.82) is 0 Å². The molecule has 0 aromatic heterocycles. The van der Waals surface area contributed by atoms with Gasteiger partial charge < -0.3 is 10.0 Å². The first kappa shape index (κ1) is 10.2. The van der Waals surface area contributed by atoms with E-state index in [0.29, 0.717) is 19.4 Å². The normalized spacial score (nSPS) is 20.6. The molecule has 15 heavy (non-hydrogen) atoms. The van der Waals surface area contributed by atoms with Gasteiger partial charge in [0.05, 0.1) is 6.42 Å². The summed E-state index contributed by atoms with van der Waals surface area (Å²) in [6.45, 7) is 0.687. The molecule has 1 saturated heterocycles. The van der Waals surface area contributed by atoms with E-state index in [2.05, 4.69) is 0 Å². The highest BCUT2D eigenvalue weighted by molar-refractivity contribution is 5.79. The molecule has 1 fully saturated rings. The van der Waals surface area contributed by atoms with Crippen LogP contribution in [0.15, 0.2) is 30.3 Å². The molecule has 1 N–H and O–H groups in total. The highest BCUT2D eigenvalue weighted by atomic mass is 16.3. The lowest BCUT2D eigenvalue weighted by molar-refractivity contribution is -0.137. The van der Waals surface area contributed by atoms with E-state index in [-0.39, 0.29) is 5.91 Å². The van der Waals surface area contributed by atoms with Gasteiger partial charge in [-0.25, -0.2) is 0 Å². The summed E-state index contributed by atoms with van der Waals surface area (Å²) in [6.07, 6.45) is 1.43. The average Bonchev–Trinajstić information content (AvgIpc) is 2.66. The minimum Gasteiger partial charge on any atom is -0.374 e. The summed E-state index contributed by atoms with van der Waals surface area (Å²) >= 11 is 0. The van der Waals surface area contributed by atoms with Crippen LogP contribution in [0.5, 0.6) is 0 Å². The van der Waals surface area contributed by atoms with E-state index in [1.165, 1.54) is 0 Å². The topological polar surface area (TPSA) is 40.5 Å². The fourth-order valence-electron chi connectivity index (χ4n) is 1.91. The van der Waals surface area contributed by atoms with E-state index in [4.69, 9.17) is 0 Å². The number of hydrogen-bond donors (Lipinski definition) is 1. The van der Waals surface area contributed by atoms with E-state index in [1.54, 1.807) is 4.90 Å². The largest absolute Gasteiger partial charge is 0.374 e. The lowest BCUT2D eigenvalue weighted by atomic mass is 10.1. The van der Waals surface area contributed by atoms with Crippen LogP contribution in [-0.4, -0.2) is 28.7 Å². The van der Waals surface area contributed by atoms with Gasteiger partial charge in [0, 0.05) is 6.54 Å². The molecule has 1 unspecified atom stereocenters. The fraction of sp³-hybridized carbons (Fsp3) is 0.417. The third kappa shape index (κ3) is 2.36. The van der Waals surface area contributed by atoms with Crippen molar-refractivity contribution in [2.75, 3.05) is 6.54 Å². The second kappa shape index (κ2) is 4.45. The van der Waals surface area contributed by atoms with E-state index >= 15 is 0 Å².